The lowest BCUT2D eigenvalue weighted by atomic mass is 10.0. The molecule has 1 aromatic rings. The maximum Gasteiger partial charge on any atom is 0.106 e. The molecule has 6 heteroatoms. The van der Waals surface area contributed by atoms with E-state index in [9.17, 15) is 0 Å². The van der Waals surface area contributed by atoms with Gasteiger partial charge in [-0.15, -0.1) is 0 Å². The summed E-state index contributed by atoms with van der Waals surface area (Å²) in [5, 5.41) is 30.2. The summed E-state index contributed by atoms with van der Waals surface area (Å²) in [5.41, 5.74) is -0.307. The van der Waals surface area contributed by atoms with Gasteiger partial charge in [0.2, 0.25) is 0 Å². The zero-order valence-corrected chi connectivity index (χ0v) is 10.3. The number of hydrogen-bond donors (Lipinski definition) is 4. The lowest BCUT2D eigenvalue weighted by molar-refractivity contribution is 0.0411. The van der Waals surface area contributed by atoms with Gasteiger partial charge >= 0.3 is 0 Å². The summed E-state index contributed by atoms with van der Waals surface area (Å²) in [6.45, 7) is -0.656. The maximum absolute atomic E-state index is 9.10. The van der Waals surface area contributed by atoms with Gasteiger partial charge in [0, 0.05) is 6.54 Å². The van der Waals surface area contributed by atoms with Crippen LogP contribution in [0.1, 0.15) is 5.69 Å². The Bertz CT molecular complexity index is 323. The zero-order valence-electron chi connectivity index (χ0n) is 8.73. The Hall–Kier alpha value is -0.530. The van der Waals surface area contributed by atoms with Crippen molar-refractivity contribution in [2.45, 2.75) is 12.1 Å². The fourth-order valence-electron chi connectivity index (χ4n) is 1.14. The highest BCUT2D eigenvalue weighted by molar-refractivity contribution is 9.10. The first-order valence-electron chi connectivity index (χ1n) is 4.85. The summed E-state index contributed by atoms with van der Waals surface area (Å²) in [7, 11) is 0. The van der Waals surface area contributed by atoms with Gasteiger partial charge in [-0.2, -0.15) is 0 Å². The van der Waals surface area contributed by atoms with E-state index in [0.29, 0.717) is 6.54 Å². The second-order valence-electron chi connectivity index (χ2n) is 3.56. The second kappa shape index (κ2) is 6.27. The molecule has 0 amide bonds. The summed E-state index contributed by atoms with van der Waals surface area (Å²) in [6, 6.07) is 5.46. The van der Waals surface area contributed by atoms with E-state index < -0.39 is 5.54 Å². The molecule has 0 aliphatic rings. The lowest BCUT2D eigenvalue weighted by Gasteiger charge is -2.28. The molecule has 0 radical (unpaired) electrons. The summed E-state index contributed by atoms with van der Waals surface area (Å²) >= 11 is 3.25. The molecule has 0 spiro atoms. The molecular weight excluding hydrogens is 276 g/mol. The number of rotatable bonds is 6. The molecule has 0 saturated heterocycles. The first kappa shape index (κ1) is 13.5. The third-order valence-electron chi connectivity index (χ3n) is 2.33. The summed E-state index contributed by atoms with van der Waals surface area (Å²) < 4.78 is 0.717. The average molecular weight is 291 g/mol. The number of nitrogens with zero attached hydrogens (tertiary/aromatic N) is 1. The van der Waals surface area contributed by atoms with Crippen molar-refractivity contribution in [3.8, 4) is 0 Å². The Morgan fingerprint density at radius 2 is 1.81 bits per heavy atom. The summed E-state index contributed by atoms with van der Waals surface area (Å²) in [4.78, 5) is 4.19. The fourth-order valence-corrected chi connectivity index (χ4v) is 1.52. The van der Waals surface area contributed by atoms with Crippen LogP contribution in [0.15, 0.2) is 22.8 Å². The average Bonchev–Trinajstić information content (AvgIpc) is 2.32. The van der Waals surface area contributed by atoms with Crippen molar-refractivity contribution < 1.29 is 15.3 Å². The Morgan fingerprint density at radius 1 is 1.19 bits per heavy atom. The molecule has 0 unspecified atom stereocenters. The van der Waals surface area contributed by atoms with Gasteiger partial charge in [0.1, 0.15) is 4.60 Å². The molecule has 0 saturated carbocycles. The Morgan fingerprint density at radius 3 is 2.31 bits per heavy atom. The minimum atomic E-state index is -1.07. The van der Waals surface area contributed by atoms with Crippen LogP contribution in [0.4, 0.5) is 0 Å². The quantitative estimate of drug-likeness (QED) is 0.538. The monoisotopic (exact) mass is 290 g/mol. The molecular formula is C10H15BrN2O3. The molecule has 0 aliphatic carbocycles. The van der Waals surface area contributed by atoms with Gasteiger partial charge in [0.05, 0.1) is 31.1 Å². The maximum atomic E-state index is 9.10. The molecule has 0 aromatic carbocycles. The van der Waals surface area contributed by atoms with E-state index in [1.54, 1.807) is 6.07 Å². The number of nitrogens with one attached hydrogen (secondary N) is 1. The van der Waals surface area contributed by atoms with E-state index in [-0.39, 0.29) is 19.8 Å². The zero-order chi connectivity index (χ0) is 12.0. The van der Waals surface area contributed by atoms with Crippen LogP contribution in [-0.4, -0.2) is 45.7 Å². The standard InChI is InChI=1S/C10H15BrN2O3/c11-9-3-1-2-8(13-9)4-12-10(5-14,6-15)7-16/h1-3,12,14-16H,4-7H2. The lowest BCUT2D eigenvalue weighted by Crippen LogP contribution is -2.54. The number of hydrogen-bond acceptors (Lipinski definition) is 5. The smallest absolute Gasteiger partial charge is 0.106 e. The van der Waals surface area contributed by atoms with Crippen molar-refractivity contribution in [2.75, 3.05) is 19.8 Å². The van der Waals surface area contributed by atoms with Crippen molar-refractivity contribution in [3.05, 3.63) is 28.5 Å². The van der Waals surface area contributed by atoms with Crippen LogP contribution in [-0.2, 0) is 6.54 Å². The SMILES string of the molecule is OCC(CO)(CO)NCc1cccc(Br)n1. The van der Waals surface area contributed by atoms with Crippen molar-refractivity contribution in [2.24, 2.45) is 0 Å². The van der Waals surface area contributed by atoms with Gasteiger partial charge in [-0.3, -0.25) is 5.32 Å². The van der Waals surface area contributed by atoms with E-state index in [4.69, 9.17) is 15.3 Å². The van der Waals surface area contributed by atoms with Crippen LogP contribution < -0.4 is 5.32 Å². The van der Waals surface area contributed by atoms with Gasteiger partial charge in [-0.05, 0) is 28.1 Å². The third kappa shape index (κ3) is 3.50. The molecule has 16 heavy (non-hydrogen) atoms. The minimum absolute atomic E-state index is 0.339. The molecule has 0 atom stereocenters. The van der Waals surface area contributed by atoms with Crippen LogP contribution in [0.3, 0.4) is 0 Å². The first-order valence-corrected chi connectivity index (χ1v) is 5.64. The molecule has 1 rings (SSSR count). The van der Waals surface area contributed by atoms with Crippen molar-refractivity contribution in [1.82, 2.24) is 10.3 Å². The Labute approximate surface area is 102 Å². The molecule has 5 nitrogen and oxygen atoms in total. The largest absolute Gasteiger partial charge is 0.394 e. The number of pyridine rings is 1. The molecule has 1 aromatic heterocycles. The van der Waals surface area contributed by atoms with Gasteiger partial charge in [-0.1, -0.05) is 6.07 Å². The highest BCUT2D eigenvalue weighted by Gasteiger charge is 2.27. The number of aromatic nitrogens is 1. The van der Waals surface area contributed by atoms with Crippen molar-refractivity contribution >= 4 is 15.9 Å². The van der Waals surface area contributed by atoms with Crippen LogP contribution in [0, 0.1) is 0 Å². The van der Waals surface area contributed by atoms with Crippen LogP contribution in [0.25, 0.3) is 0 Å². The van der Waals surface area contributed by atoms with Crippen molar-refractivity contribution in [3.63, 3.8) is 0 Å². The van der Waals surface area contributed by atoms with E-state index in [0.717, 1.165) is 10.3 Å². The topological polar surface area (TPSA) is 85.6 Å². The van der Waals surface area contributed by atoms with Crippen molar-refractivity contribution in [1.29, 1.82) is 0 Å². The van der Waals surface area contributed by atoms with Gasteiger partial charge in [0.25, 0.3) is 0 Å². The second-order valence-corrected chi connectivity index (χ2v) is 4.37. The van der Waals surface area contributed by atoms with E-state index in [1.165, 1.54) is 0 Å². The van der Waals surface area contributed by atoms with E-state index in [1.807, 2.05) is 12.1 Å². The minimum Gasteiger partial charge on any atom is -0.394 e. The van der Waals surface area contributed by atoms with Gasteiger partial charge < -0.3 is 15.3 Å². The fraction of sp³-hybridized carbons (Fsp3) is 0.500. The molecule has 4 N–H and O–H groups in total. The number of halogens is 1. The van der Waals surface area contributed by atoms with Gasteiger partial charge in [0.15, 0.2) is 0 Å². The molecule has 0 fully saturated rings. The Kier molecular flexibility index (Phi) is 5.30. The number of aliphatic hydroxyl groups excluding tert-OH is 3. The highest BCUT2D eigenvalue weighted by Crippen LogP contribution is 2.08. The normalized spacial score (nSPS) is 11.8. The Balaban J connectivity index is 2.62. The third-order valence-corrected chi connectivity index (χ3v) is 2.77. The predicted molar refractivity (Wildman–Crippen MR) is 62.8 cm³/mol. The molecule has 1 heterocycles. The number of aliphatic hydroxyl groups is 3. The first-order chi connectivity index (χ1) is 7.65. The molecule has 0 bridgehead atoms. The van der Waals surface area contributed by atoms with Gasteiger partial charge in [-0.25, -0.2) is 4.98 Å². The van der Waals surface area contributed by atoms with Crippen LogP contribution in [0.2, 0.25) is 0 Å². The predicted octanol–water partition coefficient (Wildman–Crippen LogP) is -0.351. The molecule has 90 valence electrons. The summed E-state index contributed by atoms with van der Waals surface area (Å²) in [6.07, 6.45) is 0. The summed E-state index contributed by atoms with van der Waals surface area (Å²) in [5.74, 6) is 0. The van der Waals surface area contributed by atoms with Crippen LogP contribution >= 0.6 is 15.9 Å². The highest BCUT2D eigenvalue weighted by atomic mass is 79.9. The van der Waals surface area contributed by atoms with E-state index in [2.05, 4.69) is 26.2 Å². The molecule has 0 aliphatic heterocycles. The van der Waals surface area contributed by atoms with Crippen LogP contribution in [0.5, 0.6) is 0 Å². The van der Waals surface area contributed by atoms with E-state index >= 15 is 0 Å².